The molecule has 1 rings (SSSR count). The molecule has 3 N–H and O–H groups in total. The molecule has 1 aromatic rings. The van der Waals surface area contributed by atoms with E-state index in [4.69, 9.17) is 5.73 Å². The van der Waals surface area contributed by atoms with Crippen molar-refractivity contribution >= 4 is 21.8 Å². The fourth-order valence-electron chi connectivity index (χ4n) is 1.59. The van der Waals surface area contributed by atoms with Gasteiger partial charge in [0.05, 0.1) is 0 Å². The molecule has 2 atom stereocenters. The lowest BCUT2D eigenvalue weighted by molar-refractivity contribution is -0.120. The lowest BCUT2D eigenvalue weighted by Gasteiger charge is -2.21. The van der Waals surface area contributed by atoms with Gasteiger partial charge in [-0.3, -0.25) is 10.1 Å². The normalized spacial score (nSPS) is 14.4. The largest absolute Gasteiger partial charge is 0.368 e. The monoisotopic (exact) mass is 298 g/mol. The van der Waals surface area contributed by atoms with Gasteiger partial charge < -0.3 is 5.73 Å². The van der Waals surface area contributed by atoms with E-state index in [1.165, 1.54) is 0 Å². The highest BCUT2D eigenvalue weighted by molar-refractivity contribution is 9.10. The van der Waals surface area contributed by atoms with Gasteiger partial charge in [0.15, 0.2) is 0 Å². The van der Waals surface area contributed by atoms with Crippen molar-refractivity contribution in [3.63, 3.8) is 0 Å². The van der Waals surface area contributed by atoms with Crippen LogP contribution in [0.3, 0.4) is 0 Å². The van der Waals surface area contributed by atoms with Crippen molar-refractivity contribution in [1.82, 2.24) is 5.32 Å². The van der Waals surface area contributed by atoms with E-state index in [1.807, 2.05) is 32.0 Å². The molecule has 0 fully saturated rings. The first-order valence-electron chi connectivity index (χ1n) is 5.77. The molecule has 0 aliphatic carbocycles. The number of carbonyl (C=O) groups excluding carboxylic acids is 1. The van der Waals surface area contributed by atoms with Crippen molar-refractivity contribution in [3.8, 4) is 0 Å². The molecule has 1 amide bonds. The Morgan fingerprint density at radius 2 is 2.18 bits per heavy atom. The third-order valence-electron chi connectivity index (χ3n) is 2.82. The molecule has 3 nitrogen and oxygen atoms in total. The third kappa shape index (κ3) is 3.82. The summed E-state index contributed by atoms with van der Waals surface area (Å²) < 4.78 is 0.914. The van der Waals surface area contributed by atoms with Gasteiger partial charge in [0.25, 0.3) is 0 Å². The van der Waals surface area contributed by atoms with E-state index in [1.54, 1.807) is 0 Å². The number of aryl methyl sites for hydroxylation is 1. The Labute approximate surface area is 111 Å². The summed E-state index contributed by atoms with van der Waals surface area (Å²) in [5.74, 6) is -0.352. The van der Waals surface area contributed by atoms with Crippen molar-refractivity contribution in [2.45, 2.75) is 39.3 Å². The van der Waals surface area contributed by atoms with E-state index in [-0.39, 0.29) is 11.9 Å². The fraction of sp³-hybridized carbons (Fsp3) is 0.462. The first-order chi connectivity index (χ1) is 7.95. The van der Waals surface area contributed by atoms with Crippen LogP contribution in [0, 0.1) is 6.92 Å². The lowest BCUT2D eigenvalue weighted by Crippen LogP contribution is -2.38. The molecule has 0 heterocycles. The zero-order valence-corrected chi connectivity index (χ0v) is 12.0. The van der Waals surface area contributed by atoms with Crippen LogP contribution in [-0.2, 0) is 4.79 Å². The second kappa shape index (κ2) is 6.17. The number of hydrogen-bond donors (Lipinski definition) is 2. The number of primary amides is 1. The summed E-state index contributed by atoms with van der Waals surface area (Å²) in [5.41, 5.74) is 7.49. The highest BCUT2D eigenvalue weighted by atomic mass is 79.9. The minimum Gasteiger partial charge on any atom is -0.368 e. The van der Waals surface area contributed by atoms with Crippen molar-refractivity contribution in [2.24, 2.45) is 5.73 Å². The Morgan fingerprint density at radius 3 is 2.65 bits per heavy atom. The highest BCUT2D eigenvalue weighted by Crippen LogP contribution is 2.25. The highest BCUT2D eigenvalue weighted by Gasteiger charge is 2.21. The van der Waals surface area contributed by atoms with Gasteiger partial charge in [-0.2, -0.15) is 0 Å². The molecule has 94 valence electrons. The summed E-state index contributed by atoms with van der Waals surface area (Å²) in [6.07, 6.45) is 0.952. The first-order valence-corrected chi connectivity index (χ1v) is 6.56. The van der Waals surface area contributed by atoms with Crippen LogP contribution in [0.4, 0.5) is 0 Å². The van der Waals surface area contributed by atoms with Crippen molar-refractivity contribution in [1.29, 1.82) is 0 Å². The van der Waals surface area contributed by atoms with E-state index in [9.17, 15) is 4.79 Å². The van der Waals surface area contributed by atoms with E-state index in [2.05, 4.69) is 28.2 Å². The van der Waals surface area contributed by atoms with Crippen LogP contribution >= 0.6 is 15.9 Å². The Kier molecular flexibility index (Phi) is 5.15. The molecule has 4 heteroatoms. The molecule has 1 aromatic carbocycles. The Hall–Kier alpha value is -0.870. The maximum Gasteiger partial charge on any atom is 0.239 e. The quantitative estimate of drug-likeness (QED) is 0.878. The summed E-state index contributed by atoms with van der Waals surface area (Å²) in [6.45, 7) is 6.12. The van der Waals surface area contributed by atoms with Crippen molar-refractivity contribution in [3.05, 3.63) is 33.8 Å². The Bertz CT molecular complexity index is 406. The minimum absolute atomic E-state index is 0.251. The number of benzene rings is 1. The maximum absolute atomic E-state index is 11.5. The molecule has 17 heavy (non-hydrogen) atoms. The van der Waals surface area contributed by atoms with Crippen LogP contribution in [0.5, 0.6) is 0 Å². The third-order valence-corrected chi connectivity index (χ3v) is 3.50. The predicted octanol–water partition coefficient (Wildman–Crippen LogP) is 2.67. The van der Waals surface area contributed by atoms with Crippen LogP contribution < -0.4 is 11.1 Å². The van der Waals surface area contributed by atoms with Crippen LogP contribution in [0.2, 0.25) is 0 Å². The molecule has 0 bridgehead atoms. The molecule has 0 saturated carbocycles. The SMILES string of the molecule is CCC(C)NC(C(N)=O)c1ccc(C)cc1Br. The number of carbonyl (C=O) groups is 1. The number of nitrogens with two attached hydrogens (primary N) is 1. The van der Waals surface area contributed by atoms with Crippen molar-refractivity contribution in [2.75, 3.05) is 0 Å². The Balaban J connectivity index is 3.01. The molecule has 0 radical (unpaired) electrons. The number of halogens is 1. The molecule has 2 unspecified atom stereocenters. The molecule has 0 aromatic heterocycles. The van der Waals surface area contributed by atoms with E-state index >= 15 is 0 Å². The van der Waals surface area contributed by atoms with Gasteiger partial charge in [-0.15, -0.1) is 0 Å². The summed E-state index contributed by atoms with van der Waals surface area (Å²) in [6, 6.07) is 5.71. The molecule has 0 aliphatic heterocycles. The Morgan fingerprint density at radius 1 is 1.53 bits per heavy atom. The topological polar surface area (TPSA) is 55.1 Å². The predicted molar refractivity (Wildman–Crippen MR) is 73.7 cm³/mol. The summed E-state index contributed by atoms with van der Waals surface area (Å²) >= 11 is 3.48. The van der Waals surface area contributed by atoms with Crippen LogP contribution in [-0.4, -0.2) is 11.9 Å². The first kappa shape index (κ1) is 14.2. The van der Waals surface area contributed by atoms with Crippen molar-refractivity contribution < 1.29 is 4.79 Å². The molecule has 0 aliphatic rings. The van der Waals surface area contributed by atoms with Gasteiger partial charge in [0, 0.05) is 10.5 Å². The molecule has 0 saturated heterocycles. The van der Waals surface area contributed by atoms with Gasteiger partial charge in [0.2, 0.25) is 5.91 Å². The average Bonchev–Trinajstić information content (AvgIpc) is 2.26. The van der Waals surface area contributed by atoms with E-state index in [0.717, 1.165) is 22.0 Å². The van der Waals surface area contributed by atoms with Crippen LogP contribution in [0.15, 0.2) is 22.7 Å². The van der Waals surface area contributed by atoms with Gasteiger partial charge in [-0.1, -0.05) is 35.0 Å². The molecular formula is C13H19BrN2O. The summed E-state index contributed by atoms with van der Waals surface area (Å²) in [4.78, 5) is 11.5. The van der Waals surface area contributed by atoms with Gasteiger partial charge in [-0.25, -0.2) is 0 Å². The number of amides is 1. The number of hydrogen-bond acceptors (Lipinski definition) is 2. The van der Waals surface area contributed by atoms with E-state index in [0.29, 0.717) is 0 Å². The standard InChI is InChI=1S/C13H19BrN2O/c1-4-9(3)16-12(13(15)17)10-6-5-8(2)7-11(10)14/h5-7,9,12,16H,4H2,1-3H3,(H2,15,17). The summed E-state index contributed by atoms with van der Waals surface area (Å²) in [7, 11) is 0. The average molecular weight is 299 g/mol. The maximum atomic E-state index is 11.5. The number of nitrogens with one attached hydrogen (secondary N) is 1. The van der Waals surface area contributed by atoms with E-state index < -0.39 is 6.04 Å². The van der Waals surface area contributed by atoms with Crippen LogP contribution in [0.25, 0.3) is 0 Å². The molecule has 0 spiro atoms. The lowest BCUT2D eigenvalue weighted by atomic mass is 10.0. The summed E-state index contributed by atoms with van der Waals surface area (Å²) in [5, 5.41) is 3.24. The van der Waals surface area contributed by atoms with Crippen LogP contribution in [0.1, 0.15) is 37.4 Å². The molecular weight excluding hydrogens is 280 g/mol. The minimum atomic E-state index is -0.445. The zero-order valence-electron chi connectivity index (χ0n) is 10.5. The van der Waals surface area contributed by atoms with Gasteiger partial charge in [0.1, 0.15) is 6.04 Å². The number of rotatable bonds is 5. The second-order valence-corrected chi connectivity index (χ2v) is 5.19. The second-order valence-electron chi connectivity index (χ2n) is 4.34. The van der Waals surface area contributed by atoms with Gasteiger partial charge >= 0.3 is 0 Å². The van der Waals surface area contributed by atoms with Gasteiger partial charge in [-0.05, 0) is 37.5 Å². The zero-order chi connectivity index (χ0) is 13.0. The fourth-order valence-corrected chi connectivity index (χ4v) is 2.32. The smallest absolute Gasteiger partial charge is 0.239 e.